The topological polar surface area (TPSA) is 87.4 Å². The van der Waals surface area contributed by atoms with Crippen molar-refractivity contribution in [2.45, 2.75) is 6.54 Å². The number of amides is 1. The number of anilines is 1. The smallest absolute Gasteiger partial charge is 0.257 e. The number of aromatic hydroxyl groups is 2. The molecule has 0 fully saturated rings. The van der Waals surface area contributed by atoms with E-state index in [1.807, 2.05) is 18.2 Å². The van der Waals surface area contributed by atoms with Gasteiger partial charge in [-0.2, -0.15) is 0 Å². The summed E-state index contributed by atoms with van der Waals surface area (Å²) in [5.41, 5.74) is 1.87. The van der Waals surface area contributed by atoms with Crippen LogP contribution in [-0.2, 0) is 6.54 Å². The van der Waals surface area contributed by atoms with E-state index in [0.29, 0.717) is 16.5 Å². The van der Waals surface area contributed by atoms with Gasteiger partial charge in [0, 0.05) is 28.9 Å². The van der Waals surface area contributed by atoms with Crippen molar-refractivity contribution in [2.75, 3.05) is 5.32 Å². The van der Waals surface area contributed by atoms with Crippen LogP contribution in [0.15, 0.2) is 79.1 Å². The van der Waals surface area contributed by atoms with Crippen LogP contribution in [0.4, 0.5) is 10.1 Å². The molecular formula is C25H18FN3O3. The minimum absolute atomic E-state index is 0.136. The Morgan fingerprint density at radius 2 is 1.72 bits per heavy atom. The number of rotatable bonds is 4. The van der Waals surface area contributed by atoms with E-state index in [1.165, 1.54) is 22.9 Å². The van der Waals surface area contributed by atoms with E-state index in [4.69, 9.17) is 0 Å². The summed E-state index contributed by atoms with van der Waals surface area (Å²) in [6.07, 6.45) is 3.12. The van der Waals surface area contributed by atoms with Gasteiger partial charge in [-0.15, -0.1) is 0 Å². The second-order valence-corrected chi connectivity index (χ2v) is 7.44. The average Bonchev–Trinajstić information content (AvgIpc) is 3.12. The Kier molecular flexibility index (Phi) is 4.71. The molecule has 6 nitrogen and oxygen atoms in total. The Labute approximate surface area is 182 Å². The summed E-state index contributed by atoms with van der Waals surface area (Å²) in [6, 6.07) is 18.3. The molecule has 0 atom stereocenters. The minimum Gasteiger partial charge on any atom is -0.505 e. The molecule has 0 bridgehead atoms. The number of fused-ring (bicyclic) bond motifs is 2. The summed E-state index contributed by atoms with van der Waals surface area (Å²) in [4.78, 5) is 17.5. The number of hydrogen-bond acceptors (Lipinski definition) is 4. The molecule has 158 valence electrons. The lowest BCUT2D eigenvalue weighted by Crippen LogP contribution is -2.13. The number of phenolic OH excluding ortho intramolecular Hbond substituents is 1. The number of hydrogen-bond donors (Lipinski definition) is 3. The lowest BCUT2D eigenvalue weighted by atomic mass is 10.0. The van der Waals surface area contributed by atoms with Crippen molar-refractivity contribution in [2.24, 2.45) is 0 Å². The molecule has 0 spiro atoms. The summed E-state index contributed by atoms with van der Waals surface area (Å²) in [6.45, 7) is 0.226. The number of pyridine rings is 1. The fraction of sp³-hybridized carbons (Fsp3) is 0.0400. The second kappa shape index (κ2) is 7.70. The molecule has 2 aromatic heterocycles. The first-order chi connectivity index (χ1) is 15.5. The number of halogens is 1. The largest absolute Gasteiger partial charge is 0.505 e. The summed E-state index contributed by atoms with van der Waals surface area (Å²) >= 11 is 0. The number of phenols is 1. The SMILES string of the molecule is O=C(Nc1ccccc1)c1c2cccnc2c(O)c2c(O)n(Cc3ccc(F)cc3)cc12. The van der Waals surface area contributed by atoms with Crippen molar-refractivity contribution in [3.05, 3.63) is 96.1 Å². The zero-order valence-corrected chi connectivity index (χ0v) is 16.8. The normalized spacial score (nSPS) is 11.2. The predicted molar refractivity (Wildman–Crippen MR) is 120 cm³/mol. The van der Waals surface area contributed by atoms with Crippen molar-refractivity contribution < 1.29 is 19.4 Å². The quantitative estimate of drug-likeness (QED) is 0.375. The molecule has 0 aliphatic rings. The maximum Gasteiger partial charge on any atom is 0.257 e. The number of carbonyl (C=O) groups is 1. The molecule has 5 aromatic rings. The number of para-hydroxylation sites is 1. The number of aromatic nitrogens is 2. The first-order valence-corrected chi connectivity index (χ1v) is 9.95. The van der Waals surface area contributed by atoms with Crippen LogP contribution >= 0.6 is 0 Å². The van der Waals surface area contributed by atoms with Crippen molar-refractivity contribution in [3.8, 4) is 11.6 Å². The van der Waals surface area contributed by atoms with Crippen LogP contribution < -0.4 is 5.32 Å². The highest BCUT2D eigenvalue weighted by atomic mass is 19.1. The van der Waals surface area contributed by atoms with E-state index < -0.39 is 5.91 Å². The van der Waals surface area contributed by atoms with Crippen LogP contribution in [0.3, 0.4) is 0 Å². The third-order valence-corrected chi connectivity index (χ3v) is 5.38. The monoisotopic (exact) mass is 427 g/mol. The lowest BCUT2D eigenvalue weighted by Gasteiger charge is -2.11. The van der Waals surface area contributed by atoms with Gasteiger partial charge in [0.05, 0.1) is 17.5 Å². The molecule has 0 radical (unpaired) electrons. The van der Waals surface area contributed by atoms with Crippen LogP contribution in [0.5, 0.6) is 11.6 Å². The van der Waals surface area contributed by atoms with Gasteiger partial charge in [-0.1, -0.05) is 36.4 Å². The molecule has 7 heteroatoms. The maximum absolute atomic E-state index is 13.3. The number of benzene rings is 3. The Morgan fingerprint density at radius 3 is 2.47 bits per heavy atom. The Hall–Kier alpha value is -4.39. The van der Waals surface area contributed by atoms with E-state index in [1.54, 1.807) is 42.6 Å². The van der Waals surface area contributed by atoms with Gasteiger partial charge < -0.3 is 20.1 Å². The first-order valence-electron chi connectivity index (χ1n) is 9.95. The average molecular weight is 427 g/mol. The van der Waals surface area contributed by atoms with Gasteiger partial charge in [-0.3, -0.25) is 9.78 Å². The second-order valence-electron chi connectivity index (χ2n) is 7.44. The Balaban J connectivity index is 1.71. The van der Waals surface area contributed by atoms with Gasteiger partial charge in [0.15, 0.2) is 5.75 Å². The van der Waals surface area contributed by atoms with Crippen LogP contribution in [0.1, 0.15) is 15.9 Å². The highest BCUT2D eigenvalue weighted by Gasteiger charge is 2.24. The minimum atomic E-state index is -0.391. The third-order valence-electron chi connectivity index (χ3n) is 5.38. The molecule has 1 amide bonds. The van der Waals surface area contributed by atoms with E-state index >= 15 is 0 Å². The van der Waals surface area contributed by atoms with Gasteiger partial charge in [0.2, 0.25) is 5.88 Å². The molecule has 3 N–H and O–H groups in total. The van der Waals surface area contributed by atoms with Gasteiger partial charge >= 0.3 is 0 Å². The van der Waals surface area contributed by atoms with Gasteiger partial charge in [0.1, 0.15) is 11.3 Å². The molecule has 2 heterocycles. The Morgan fingerprint density at radius 1 is 0.969 bits per heavy atom. The van der Waals surface area contributed by atoms with Crippen LogP contribution in [0.25, 0.3) is 21.7 Å². The highest BCUT2D eigenvalue weighted by Crippen LogP contribution is 2.42. The standard InChI is InChI=1S/C25H18FN3O3/c26-16-10-8-15(9-11-16)13-29-14-19-20(24(31)28-17-5-2-1-3-6-17)18-7-4-12-27-22(18)23(30)21(19)25(29)32/h1-12,14,30,32H,13H2,(H,28,31). The molecule has 32 heavy (non-hydrogen) atoms. The van der Waals surface area contributed by atoms with Crippen molar-refractivity contribution in [1.82, 2.24) is 9.55 Å². The zero-order valence-electron chi connectivity index (χ0n) is 16.8. The van der Waals surface area contributed by atoms with Crippen molar-refractivity contribution >= 4 is 33.3 Å². The van der Waals surface area contributed by atoms with E-state index in [9.17, 15) is 19.4 Å². The Bertz CT molecular complexity index is 1460. The van der Waals surface area contributed by atoms with Gasteiger partial charge in [-0.05, 0) is 35.9 Å². The molecular weight excluding hydrogens is 409 g/mol. The number of nitrogens with one attached hydrogen (secondary N) is 1. The summed E-state index contributed by atoms with van der Waals surface area (Å²) in [5, 5.41) is 25.6. The van der Waals surface area contributed by atoms with Crippen LogP contribution in [0.2, 0.25) is 0 Å². The maximum atomic E-state index is 13.3. The van der Waals surface area contributed by atoms with E-state index in [-0.39, 0.29) is 40.5 Å². The highest BCUT2D eigenvalue weighted by molar-refractivity contribution is 6.24. The molecule has 0 saturated heterocycles. The number of carbonyl (C=O) groups excluding carboxylic acids is 1. The predicted octanol–water partition coefficient (Wildman–Crippen LogP) is 5.04. The molecule has 3 aromatic carbocycles. The lowest BCUT2D eigenvalue weighted by molar-refractivity contribution is 0.103. The summed E-state index contributed by atoms with van der Waals surface area (Å²) in [7, 11) is 0. The van der Waals surface area contributed by atoms with Crippen LogP contribution in [-0.4, -0.2) is 25.7 Å². The van der Waals surface area contributed by atoms with E-state index in [2.05, 4.69) is 10.3 Å². The molecule has 0 aliphatic carbocycles. The fourth-order valence-electron chi connectivity index (χ4n) is 3.89. The first kappa shape index (κ1) is 19.6. The molecule has 0 saturated carbocycles. The molecule has 0 aliphatic heterocycles. The number of nitrogens with zero attached hydrogens (tertiary/aromatic N) is 2. The molecule has 0 unspecified atom stereocenters. The summed E-state index contributed by atoms with van der Waals surface area (Å²) in [5.74, 6) is -1.16. The fourth-order valence-corrected chi connectivity index (χ4v) is 3.89. The molecule has 5 rings (SSSR count). The van der Waals surface area contributed by atoms with Gasteiger partial charge in [-0.25, -0.2) is 4.39 Å². The van der Waals surface area contributed by atoms with Crippen molar-refractivity contribution in [3.63, 3.8) is 0 Å². The van der Waals surface area contributed by atoms with Gasteiger partial charge in [0.25, 0.3) is 5.91 Å². The zero-order chi connectivity index (χ0) is 22.2. The van der Waals surface area contributed by atoms with Crippen molar-refractivity contribution in [1.29, 1.82) is 0 Å². The summed E-state index contributed by atoms with van der Waals surface area (Å²) < 4.78 is 14.8. The van der Waals surface area contributed by atoms with E-state index in [0.717, 1.165) is 5.56 Å². The third kappa shape index (κ3) is 3.30. The van der Waals surface area contributed by atoms with Crippen LogP contribution in [0, 0.1) is 5.82 Å².